The summed E-state index contributed by atoms with van der Waals surface area (Å²) in [5.41, 5.74) is 2.56. The minimum absolute atomic E-state index is 0.337. The number of ether oxygens (including phenoxy) is 1. The fourth-order valence-corrected chi connectivity index (χ4v) is 3.66. The first kappa shape index (κ1) is 20.2. The number of carbonyl (C=O) groups is 1. The predicted molar refractivity (Wildman–Crippen MR) is 104 cm³/mol. The van der Waals surface area contributed by atoms with E-state index in [0.29, 0.717) is 28.6 Å². The van der Waals surface area contributed by atoms with Gasteiger partial charge >= 0.3 is 0 Å². The van der Waals surface area contributed by atoms with Gasteiger partial charge in [0.15, 0.2) is 0 Å². The van der Waals surface area contributed by atoms with Crippen LogP contribution in [0.15, 0.2) is 42.5 Å². The predicted octanol–water partition coefficient (Wildman–Crippen LogP) is 3.20. The zero-order valence-corrected chi connectivity index (χ0v) is 16.4. The average molecular weight is 397 g/mol. The van der Waals surface area contributed by atoms with Crippen molar-refractivity contribution in [2.45, 2.75) is 13.5 Å². The van der Waals surface area contributed by atoms with Crippen molar-refractivity contribution in [2.24, 2.45) is 0 Å². The normalized spacial score (nSPS) is 11.2. The van der Waals surface area contributed by atoms with E-state index in [1.807, 2.05) is 6.07 Å². The standard InChI is InChI=1S/C18H21ClN2O4S/c1-13-9-15(19)7-8-17(13)21(26(3,23)24)11-18(22)20-16-6-4-5-14(10-16)12-25-2/h4-10H,11-12H2,1-3H3,(H,20,22). The summed E-state index contributed by atoms with van der Waals surface area (Å²) >= 11 is 5.93. The van der Waals surface area contributed by atoms with E-state index in [1.165, 1.54) is 0 Å². The number of nitrogens with one attached hydrogen (secondary N) is 1. The molecule has 0 aliphatic carbocycles. The number of rotatable bonds is 7. The molecule has 0 saturated carbocycles. The summed E-state index contributed by atoms with van der Waals surface area (Å²) in [5, 5.41) is 3.22. The van der Waals surface area contributed by atoms with Gasteiger partial charge in [0.25, 0.3) is 0 Å². The molecule has 26 heavy (non-hydrogen) atoms. The second-order valence-corrected chi connectivity index (χ2v) is 8.23. The third-order valence-corrected chi connectivity index (χ3v) is 5.00. The number of nitrogens with zero attached hydrogens (tertiary/aromatic N) is 1. The Morgan fingerprint density at radius 3 is 2.58 bits per heavy atom. The molecular weight excluding hydrogens is 376 g/mol. The molecule has 0 bridgehead atoms. The van der Waals surface area contributed by atoms with Crippen molar-refractivity contribution < 1.29 is 17.9 Å². The minimum atomic E-state index is -3.65. The Balaban J connectivity index is 2.21. The van der Waals surface area contributed by atoms with Crippen molar-refractivity contribution in [1.29, 1.82) is 0 Å². The van der Waals surface area contributed by atoms with Crippen LogP contribution in [0.5, 0.6) is 0 Å². The molecule has 2 aromatic rings. The number of benzene rings is 2. The van der Waals surface area contributed by atoms with E-state index in [4.69, 9.17) is 16.3 Å². The molecule has 0 aromatic heterocycles. The molecule has 8 heteroatoms. The SMILES string of the molecule is COCc1cccc(NC(=O)CN(c2ccc(Cl)cc2C)S(C)(=O)=O)c1. The molecule has 2 aromatic carbocycles. The monoisotopic (exact) mass is 396 g/mol. The van der Waals surface area contributed by atoms with Crippen LogP contribution in [0, 0.1) is 6.92 Å². The quantitative estimate of drug-likeness (QED) is 0.779. The number of amides is 1. The molecule has 2 rings (SSSR count). The summed E-state index contributed by atoms with van der Waals surface area (Å²) in [5.74, 6) is -0.445. The van der Waals surface area contributed by atoms with Gasteiger partial charge in [-0.15, -0.1) is 0 Å². The fourth-order valence-electron chi connectivity index (χ4n) is 2.52. The van der Waals surface area contributed by atoms with Gasteiger partial charge in [-0.25, -0.2) is 8.42 Å². The average Bonchev–Trinajstić information content (AvgIpc) is 2.53. The van der Waals surface area contributed by atoms with Crippen LogP contribution in [0.25, 0.3) is 0 Å². The zero-order valence-electron chi connectivity index (χ0n) is 14.8. The topological polar surface area (TPSA) is 75.7 Å². The highest BCUT2D eigenvalue weighted by atomic mass is 35.5. The number of hydrogen-bond donors (Lipinski definition) is 1. The van der Waals surface area contributed by atoms with Crippen molar-refractivity contribution in [3.8, 4) is 0 Å². The maximum Gasteiger partial charge on any atom is 0.245 e. The first-order valence-electron chi connectivity index (χ1n) is 7.82. The van der Waals surface area contributed by atoms with E-state index in [2.05, 4.69) is 5.32 Å². The summed E-state index contributed by atoms with van der Waals surface area (Å²) in [7, 11) is -2.06. The third-order valence-electron chi connectivity index (χ3n) is 3.64. The number of anilines is 2. The first-order valence-corrected chi connectivity index (χ1v) is 10.0. The molecule has 0 atom stereocenters. The third kappa shape index (κ3) is 5.45. The molecule has 0 spiro atoms. The minimum Gasteiger partial charge on any atom is -0.380 e. The van der Waals surface area contributed by atoms with Crippen LogP contribution in [-0.2, 0) is 26.2 Å². The van der Waals surface area contributed by atoms with Crippen LogP contribution in [0.3, 0.4) is 0 Å². The Hall–Kier alpha value is -2.09. The number of methoxy groups -OCH3 is 1. The Bertz CT molecular complexity index is 900. The molecular formula is C18H21ClN2O4S. The summed E-state index contributed by atoms with van der Waals surface area (Å²) in [6, 6.07) is 12.0. The van der Waals surface area contributed by atoms with Crippen LogP contribution in [0.2, 0.25) is 5.02 Å². The van der Waals surface area contributed by atoms with Crippen LogP contribution in [0.1, 0.15) is 11.1 Å². The van der Waals surface area contributed by atoms with Crippen LogP contribution < -0.4 is 9.62 Å². The van der Waals surface area contributed by atoms with E-state index in [-0.39, 0.29) is 6.54 Å². The van der Waals surface area contributed by atoms with Crippen molar-refractivity contribution in [2.75, 3.05) is 29.5 Å². The van der Waals surface area contributed by atoms with Crippen molar-refractivity contribution in [3.63, 3.8) is 0 Å². The van der Waals surface area contributed by atoms with Crippen LogP contribution in [0.4, 0.5) is 11.4 Å². The molecule has 0 saturated heterocycles. The number of halogens is 1. The first-order chi connectivity index (χ1) is 12.2. The highest BCUT2D eigenvalue weighted by Crippen LogP contribution is 2.25. The van der Waals surface area contributed by atoms with E-state index < -0.39 is 15.9 Å². The Morgan fingerprint density at radius 1 is 1.23 bits per heavy atom. The molecule has 0 radical (unpaired) electrons. The largest absolute Gasteiger partial charge is 0.380 e. The molecule has 0 unspecified atom stereocenters. The second kappa shape index (κ2) is 8.53. The molecule has 1 amide bonds. The maximum atomic E-state index is 12.4. The lowest BCUT2D eigenvalue weighted by Gasteiger charge is -2.23. The molecule has 0 fully saturated rings. The molecule has 6 nitrogen and oxygen atoms in total. The van der Waals surface area contributed by atoms with Crippen molar-refractivity contribution >= 4 is 38.9 Å². The Kier molecular flexibility index (Phi) is 6.63. The second-order valence-electron chi connectivity index (χ2n) is 5.88. The molecule has 0 aliphatic rings. The molecule has 1 N–H and O–H groups in total. The van der Waals surface area contributed by atoms with Gasteiger partial charge in [0, 0.05) is 17.8 Å². The Morgan fingerprint density at radius 2 is 1.96 bits per heavy atom. The highest BCUT2D eigenvalue weighted by molar-refractivity contribution is 7.92. The lowest BCUT2D eigenvalue weighted by molar-refractivity contribution is -0.114. The Labute approximate surface area is 158 Å². The van der Waals surface area contributed by atoms with Crippen LogP contribution in [-0.4, -0.2) is 34.2 Å². The van der Waals surface area contributed by atoms with E-state index >= 15 is 0 Å². The maximum absolute atomic E-state index is 12.4. The van der Waals surface area contributed by atoms with Gasteiger partial charge in [-0.05, 0) is 48.4 Å². The summed E-state index contributed by atoms with van der Waals surface area (Å²) in [6.45, 7) is 1.82. The number of aryl methyl sites for hydroxylation is 1. The van der Waals surface area contributed by atoms with Gasteiger partial charge in [0.1, 0.15) is 6.54 Å². The van der Waals surface area contributed by atoms with E-state index in [1.54, 1.807) is 50.4 Å². The lowest BCUT2D eigenvalue weighted by Crippen LogP contribution is -2.37. The fraction of sp³-hybridized carbons (Fsp3) is 0.278. The van der Waals surface area contributed by atoms with Crippen molar-refractivity contribution in [1.82, 2.24) is 0 Å². The molecule has 140 valence electrons. The van der Waals surface area contributed by atoms with E-state index in [0.717, 1.165) is 16.1 Å². The number of sulfonamides is 1. The lowest BCUT2D eigenvalue weighted by atomic mass is 10.2. The van der Waals surface area contributed by atoms with Gasteiger partial charge in [-0.3, -0.25) is 9.10 Å². The van der Waals surface area contributed by atoms with Gasteiger partial charge in [0.05, 0.1) is 18.6 Å². The van der Waals surface area contributed by atoms with Gasteiger partial charge in [0.2, 0.25) is 15.9 Å². The van der Waals surface area contributed by atoms with Crippen molar-refractivity contribution in [3.05, 3.63) is 58.6 Å². The van der Waals surface area contributed by atoms with Gasteiger partial charge < -0.3 is 10.1 Å². The van der Waals surface area contributed by atoms with Crippen LogP contribution >= 0.6 is 11.6 Å². The number of hydrogen-bond acceptors (Lipinski definition) is 4. The van der Waals surface area contributed by atoms with E-state index in [9.17, 15) is 13.2 Å². The zero-order chi connectivity index (χ0) is 19.3. The van der Waals surface area contributed by atoms with Gasteiger partial charge in [-0.1, -0.05) is 23.7 Å². The summed E-state index contributed by atoms with van der Waals surface area (Å²) < 4.78 is 30.5. The molecule has 0 aliphatic heterocycles. The summed E-state index contributed by atoms with van der Waals surface area (Å²) in [6.07, 6.45) is 1.06. The molecule has 0 heterocycles. The van der Waals surface area contributed by atoms with Gasteiger partial charge in [-0.2, -0.15) is 0 Å². The summed E-state index contributed by atoms with van der Waals surface area (Å²) in [4.78, 5) is 12.4. The smallest absolute Gasteiger partial charge is 0.245 e. The highest BCUT2D eigenvalue weighted by Gasteiger charge is 2.22. The number of carbonyl (C=O) groups excluding carboxylic acids is 1.